The lowest BCUT2D eigenvalue weighted by Gasteiger charge is -2.23. The first kappa shape index (κ1) is 20.4. The highest BCUT2D eigenvalue weighted by atomic mass is 16.2. The molecule has 2 aromatic rings. The molecule has 0 saturated heterocycles. The van der Waals surface area contributed by atoms with Gasteiger partial charge in [0.25, 0.3) is 0 Å². The third-order valence-electron chi connectivity index (χ3n) is 4.43. The Morgan fingerprint density at radius 1 is 0.926 bits per heavy atom. The first-order valence-corrected chi connectivity index (χ1v) is 9.05. The van der Waals surface area contributed by atoms with Gasteiger partial charge in [-0.3, -0.25) is 14.4 Å². The van der Waals surface area contributed by atoms with Gasteiger partial charge in [0, 0.05) is 17.8 Å². The van der Waals surface area contributed by atoms with E-state index >= 15 is 0 Å². The van der Waals surface area contributed by atoms with E-state index in [-0.39, 0.29) is 11.7 Å². The van der Waals surface area contributed by atoms with E-state index < -0.39 is 11.3 Å². The van der Waals surface area contributed by atoms with Gasteiger partial charge in [-0.1, -0.05) is 42.5 Å². The van der Waals surface area contributed by atoms with Crippen molar-refractivity contribution in [2.45, 2.75) is 33.6 Å². The number of Topliss-reactive ketones (excluding diaryl/α,β-unsaturated/α-hetero) is 1. The summed E-state index contributed by atoms with van der Waals surface area (Å²) in [6, 6.07) is 16.7. The van der Waals surface area contributed by atoms with Gasteiger partial charge in [0.1, 0.15) is 5.41 Å². The Bertz CT molecular complexity index is 813. The number of rotatable bonds is 8. The molecule has 0 aromatic heterocycles. The second-order valence-corrected chi connectivity index (χ2v) is 7.06. The minimum atomic E-state index is -1.22. The Labute approximate surface area is 160 Å². The maximum absolute atomic E-state index is 12.6. The van der Waals surface area contributed by atoms with Crippen LogP contribution >= 0.6 is 0 Å². The zero-order valence-corrected chi connectivity index (χ0v) is 16.0. The number of hydrogen-bond donors (Lipinski definition) is 2. The molecule has 0 fully saturated rings. The maximum Gasteiger partial charge on any atom is 0.239 e. The van der Waals surface area contributed by atoms with Crippen molar-refractivity contribution in [2.24, 2.45) is 5.41 Å². The number of nitrogens with one attached hydrogen (secondary N) is 2. The molecule has 5 nitrogen and oxygen atoms in total. The number of aryl methyl sites for hydroxylation is 1. The highest BCUT2D eigenvalue weighted by Crippen LogP contribution is 2.20. The fraction of sp³-hybridized carbons (Fsp3) is 0.318. The van der Waals surface area contributed by atoms with Crippen LogP contribution in [0.3, 0.4) is 0 Å². The van der Waals surface area contributed by atoms with Crippen LogP contribution < -0.4 is 10.6 Å². The van der Waals surface area contributed by atoms with Crippen LogP contribution in [0.15, 0.2) is 54.6 Å². The number of carbonyl (C=O) groups excluding carboxylic acids is 3. The van der Waals surface area contributed by atoms with Crippen molar-refractivity contribution >= 4 is 23.3 Å². The zero-order chi connectivity index (χ0) is 19.9. The summed E-state index contributed by atoms with van der Waals surface area (Å²) in [6.45, 7) is 5.14. The number of ketones is 1. The van der Waals surface area contributed by atoms with Crippen molar-refractivity contribution in [1.29, 1.82) is 0 Å². The summed E-state index contributed by atoms with van der Waals surface area (Å²) in [5.74, 6) is -0.818. The van der Waals surface area contributed by atoms with Gasteiger partial charge in [0.15, 0.2) is 5.78 Å². The van der Waals surface area contributed by atoms with Crippen molar-refractivity contribution in [1.82, 2.24) is 5.32 Å². The molecule has 0 aliphatic rings. The van der Waals surface area contributed by atoms with Crippen molar-refractivity contribution < 1.29 is 14.4 Å². The Hall–Kier alpha value is -2.95. The largest absolute Gasteiger partial charge is 0.355 e. The molecule has 0 atom stereocenters. The van der Waals surface area contributed by atoms with Gasteiger partial charge in [-0.05, 0) is 51.3 Å². The molecule has 2 rings (SSSR count). The normalized spacial score (nSPS) is 10.9. The van der Waals surface area contributed by atoms with Gasteiger partial charge < -0.3 is 10.6 Å². The SMILES string of the molecule is CC(=O)c1cccc(NC(=O)C(C)(C)C(=O)NCCCc2ccccc2)c1. The molecule has 0 unspecified atom stereocenters. The summed E-state index contributed by atoms with van der Waals surface area (Å²) in [5, 5.41) is 5.56. The van der Waals surface area contributed by atoms with E-state index in [9.17, 15) is 14.4 Å². The zero-order valence-electron chi connectivity index (χ0n) is 16.0. The lowest BCUT2D eigenvalue weighted by Crippen LogP contribution is -2.45. The van der Waals surface area contributed by atoms with Gasteiger partial charge in [0.2, 0.25) is 11.8 Å². The Morgan fingerprint density at radius 3 is 2.30 bits per heavy atom. The summed E-state index contributed by atoms with van der Waals surface area (Å²) in [6.07, 6.45) is 1.67. The summed E-state index contributed by atoms with van der Waals surface area (Å²) < 4.78 is 0. The number of carbonyl (C=O) groups is 3. The van der Waals surface area contributed by atoms with Gasteiger partial charge in [0.05, 0.1) is 0 Å². The fourth-order valence-corrected chi connectivity index (χ4v) is 2.57. The van der Waals surface area contributed by atoms with Crippen LogP contribution in [0.5, 0.6) is 0 Å². The molecule has 142 valence electrons. The second-order valence-electron chi connectivity index (χ2n) is 7.06. The predicted octanol–water partition coefficient (Wildman–Crippen LogP) is 3.60. The van der Waals surface area contributed by atoms with E-state index in [1.165, 1.54) is 12.5 Å². The summed E-state index contributed by atoms with van der Waals surface area (Å²) in [4.78, 5) is 36.5. The highest BCUT2D eigenvalue weighted by Gasteiger charge is 2.35. The summed E-state index contributed by atoms with van der Waals surface area (Å²) in [5.41, 5.74) is 1.00. The molecule has 0 bridgehead atoms. The molecular weight excluding hydrogens is 340 g/mol. The fourth-order valence-electron chi connectivity index (χ4n) is 2.57. The van der Waals surface area contributed by atoms with Crippen molar-refractivity contribution in [3.63, 3.8) is 0 Å². The van der Waals surface area contributed by atoms with Crippen LogP contribution in [0, 0.1) is 5.41 Å². The van der Waals surface area contributed by atoms with E-state index in [4.69, 9.17) is 0 Å². The number of benzene rings is 2. The average Bonchev–Trinajstić information content (AvgIpc) is 2.66. The predicted molar refractivity (Wildman–Crippen MR) is 107 cm³/mol. The second kappa shape index (κ2) is 9.12. The third kappa shape index (κ3) is 5.78. The maximum atomic E-state index is 12.6. The Balaban J connectivity index is 1.87. The summed E-state index contributed by atoms with van der Waals surface area (Å²) in [7, 11) is 0. The minimum Gasteiger partial charge on any atom is -0.355 e. The van der Waals surface area contributed by atoms with E-state index in [0.29, 0.717) is 17.8 Å². The van der Waals surface area contributed by atoms with E-state index in [2.05, 4.69) is 10.6 Å². The highest BCUT2D eigenvalue weighted by molar-refractivity contribution is 6.10. The van der Waals surface area contributed by atoms with Crippen LogP contribution in [-0.2, 0) is 16.0 Å². The number of hydrogen-bond acceptors (Lipinski definition) is 3. The first-order chi connectivity index (χ1) is 12.8. The molecule has 2 N–H and O–H groups in total. The average molecular weight is 366 g/mol. The lowest BCUT2D eigenvalue weighted by atomic mass is 9.90. The van der Waals surface area contributed by atoms with E-state index in [1.807, 2.05) is 30.3 Å². The van der Waals surface area contributed by atoms with Gasteiger partial charge >= 0.3 is 0 Å². The van der Waals surface area contributed by atoms with Crippen molar-refractivity contribution in [2.75, 3.05) is 11.9 Å². The van der Waals surface area contributed by atoms with Crippen LogP contribution in [0.1, 0.15) is 43.1 Å². The standard InChI is InChI=1S/C22H26N2O3/c1-16(25)18-12-7-13-19(15-18)24-21(27)22(2,3)20(26)23-14-8-11-17-9-5-4-6-10-17/h4-7,9-10,12-13,15H,8,11,14H2,1-3H3,(H,23,26)(H,24,27). The smallest absolute Gasteiger partial charge is 0.239 e. The van der Waals surface area contributed by atoms with Gasteiger partial charge in [-0.15, -0.1) is 0 Å². The monoisotopic (exact) mass is 366 g/mol. The molecule has 0 aliphatic carbocycles. The Morgan fingerprint density at radius 2 is 1.63 bits per heavy atom. The van der Waals surface area contributed by atoms with E-state index in [0.717, 1.165) is 12.8 Å². The van der Waals surface area contributed by atoms with Crippen molar-refractivity contribution in [3.8, 4) is 0 Å². The lowest BCUT2D eigenvalue weighted by molar-refractivity contribution is -0.138. The first-order valence-electron chi connectivity index (χ1n) is 9.05. The molecule has 0 heterocycles. The molecule has 0 radical (unpaired) electrons. The molecule has 2 aromatic carbocycles. The molecule has 0 saturated carbocycles. The number of anilines is 1. The van der Waals surface area contributed by atoms with Gasteiger partial charge in [-0.25, -0.2) is 0 Å². The van der Waals surface area contributed by atoms with E-state index in [1.54, 1.807) is 38.1 Å². The minimum absolute atomic E-state index is 0.0819. The van der Waals surface area contributed by atoms with Crippen LogP contribution in [0.4, 0.5) is 5.69 Å². The van der Waals surface area contributed by atoms with Crippen LogP contribution in [0.25, 0.3) is 0 Å². The van der Waals surface area contributed by atoms with Crippen molar-refractivity contribution in [3.05, 3.63) is 65.7 Å². The topological polar surface area (TPSA) is 75.3 Å². The molecular formula is C22H26N2O3. The molecule has 5 heteroatoms. The van der Waals surface area contributed by atoms with Crippen LogP contribution in [-0.4, -0.2) is 24.1 Å². The van der Waals surface area contributed by atoms with Gasteiger partial charge in [-0.2, -0.15) is 0 Å². The molecule has 2 amide bonds. The quantitative estimate of drug-likeness (QED) is 0.426. The third-order valence-corrected chi connectivity index (χ3v) is 4.43. The van der Waals surface area contributed by atoms with Crippen LogP contribution in [0.2, 0.25) is 0 Å². The molecule has 0 aliphatic heterocycles. The molecule has 0 spiro atoms. The Kier molecular flexibility index (Phi) is 6.88. The summed E-state index contributed by atoms with van der Waals surface area (Å²) >= 11 is 0. The number of amides is 2. The molecule has 27 heavy (non-hydrogen) atoms.